The lowest BCUT2D eigenvalue weighted by molar-refractivity contribution is -0.120. The number of likely N-dealkylation sites (N-methyl/N-ethyl adjacent to an activating group) is 1. The number of benzene rings is 1. The first-order chi connectivity index (χ1) is 10.0. The number of methoxy groups -OCH3 is 1. The maximum absolute atomic E-state index is 12.4. The molecule has 0 radical (unpaired) electrons. The number of thiocarbonyl (C=S) groups is 1. The number of carbonyl (C=O) groups is 1. The van der Waals surface area contributed by atoms with Crippen LogP contribution in [-0.4, -0.2) is 48.6 Å². The molecular formula is C15H23N3O2S. The number of anilines is 1. The van der Waals surface area contributed by atoms with Crippen LogP contribution in [0, 0.1) is 0 Å². The Bertz CT molecular complexity index is 494. The molecule has 0 saturated carbocycles. The summed E-state index contributed by atoms with van der Waals surface area (Å²) in [6.45, 7) is 5.96. The van der Waals surface area contributed by atoms with E-state index in [4.69, 9.17) is 22.7 Å². The maximum Gasteiger partial charge on any atom is 0.241 e. The number of ether oxygens (including phenoxy) is 1. The van der Waals surface area contributed by atoms with Gasteiger partial charge in [-0.15, -0.1) is 0 Å². The molecule has 1 rings (SSSR count). The van der Waals surface area contributed by atoms with Crippen molar-refractivity contribution >= 4 is 28.8 Å². The third-order valence-electron chi connectivity index (χ3n) is 3.37. The normalized spacial score (nSPS) is 12.2. The van der Waals surface area contributed by atoms with Gasteiger partial charge in [0.25, 0.3) is 0 Å². The van der Waals surface area contributed by atoms with E-state index in [0.717, 1.165) is 6.54 Å². The Morgan fingerprint density at radius 2 is 2.14 bits per heavy atom. The van der Waals surface area contributed by atoms with Gasteiger partial charge in [-0.3, -0.25) is 9.69 Å². The summed E-state index contributed by atoms with van der Waals surface area (Å²) in [6.07, 6.45) is 0. The summed E-state index contributed by atoms with van der Waals surface area (Å²) in [7, 11) is 1.65. The van der Waals surface area contributed by atoms with Gasteiger partial charge in [-0.1, -0.05) is 31.3 Å². The van der Waals surface area contributed by atoms with Crippen molar-refractivity contribution in [3.05, 3.63) is 29.8 Å². The molecule has 0 saturated heterocycles. The number of rotatable bonds is 8. The quantitative estimate of drug-likeness (QED) is 0.714. The second-order valence-corrected chi connectivity index (χ2v) is 5.14. The van der Waals surface area contributed by atoms with Crippen molar-refractivity contribution in [2.45, 2.75) is 19.9 Å². The summed E-state index contributed by atoms with van der Waals surface area (Å²) in [4.78, 5) is 14.7. The standard InChI is InChI=1S/C15H23N3O2S/c1-4-18(9-10-20-3)11(2)15(19)17-13-8-6-5-7-12(13)14(16)21/h5-8,11H,4,9-10H2,1-3H3,(H2,16,21)(H,17,19). The fourth-order valence-electron chi connectivity index (χ4n) is 2.04. The minimum atomic E-state index is -0.260. The number of para-hydroxylation sites is 1. The number of amides is 1. The van der Waals surface area contributed by atoms with Crippen LogP contribution in [0.4, 0.5) is 5.69 Å². The molecule has 21 heavy (non-hydrogen) atoms. The predicted molar refractivity (Wildman–Crippen MR) is 89.5 cm³/mol. The zero-order valence-corrected chi connectivity index (χ0v) is 13.6. The number of carbonyl (C=O) groups excluding carboxylic acids is 1. The summed E-state index contributed by atoms with van der Waals surface area (Å²) in [6, 6.07) is 7.01. The zero-order chi connectivity index (χ0) is 15.8. The molecule has 0 aliphatic heterocycles. The molecule has 1 atom stereocenters. The van der Waals surface area contributed by atoms with E-state index < -0.39 is 0 Å². The lowest BCUT2D eigenvalue weighted by Crippen LogP contribution is -2.43. The molecule has 0 aliphatic rings. The molecule has 1 aromatic rings. The molecule has 0 fully saturated rings. The molecule has 1 aromatic carbocycles. The fourth-order valence-corrected chi connectivity index (χ4v) is 2.22. The second-order valence-electron chi connectivity index (χ2n) is 4.70. The average molecular weight is 309 g/mol. The highest BCUT2D eigenvalue weighted by Crippen LogP contribution is 2.15. The van der Waals surface area contributed by atoms with Gasteiger partial charge in [0.1, 0.15) is 4.99 Å². The summed E-state index contributed by atoms with van der Waals surface area (Å²) in [5.74, 6) is -0.0864. The van der Waals surface area contributed by atoms with Gasteiger partial charge < -0.3 is 15.8 Å². The first-order valence-corrected chi connectivity index (χ1v) is 7.34. The van der Waals surface area contributed by atoms with Crippen LogP contribution in [0.3, 0.4) is 0 Å². The second kappa shape index (κ2) is 8.71. The minimum Gasteiger partial charge on any atom is -0.389 e. The van der Waals surface area contributed by atoms with E-state index in [0.29, 0.717) is 24.4 Å². The highest BCUT2D eigenvalue weighted by Gasteiger charge is 2.20. The largest absolute Gasteiger partial charge is 0.389 e. The van der Waals surface area contributed by atoms with E-state index in [-0.39, 0.29) is 16.9 Å². The number of nitrogens with two attached hydrogens (primary N) is 1. The third kappa shape index (κ3) is 5.08. The van der Waals surface area contributed by atoms with Crippen LogP contribution in [0.25, 0.3) is 0 Å². The van der Waals surface area contributed by atoms with Gasteiger partial charge in [-0.05, 0) is 25.6 Å². The van der Waals surface area contributed by atoms with Crippen LogP contribution >= 0.6 is 12.2 Å². The summed E-state index contributed by atoms with van der Waals surface area (Å²) in [5.41, 5.74) is 6.99. The van der Waals surface area contributed by atoms with Gasteiger partial charge >= 0.3 is 0 Å². The smallest absolute Gasteiger partial charge is 0.241 e. The molecular weight excluding hydrogens is 286 g/mol. The van der Waals surface area contributed by atoms with Crippen molar-refractivity contribution in [2.24, 2.45) is 5.73 Å². The van der Waals surface area contributed by atoms with Gasteiger partial charge in [0.2, 0.25) is 5.91 Å². The molecule has 1 amide bonds. The van der Waals surface area contributed by atoms with Crippen LogP contribution in [0.15, 0.2) is 24.3 Å². The SMILES string of the molecule is CCN(CCOC)C(C)C(=O)Nc1ccccc1C(N)=S. The average Bonchev–Trinajstić information content (AvgIpc) is 2.48. The van der Waals surface area contributed by atoms with E-state index >= 15 is 0 Å². The monoisotopic (exact) mass is 309 g/mol. The predicted octanol–water partition coefficient (Wildman–Crippen LogP) is 1.62. The van der Waals surface area contributed by atoms with Crippen molar-refractivity contribution in [3.8, 4) is 0 Å². The first-order valence-electron chi connectivity index (χ1n) is 6.93. The van der Waals surface area contributed by atoms with E-state index in [1.807, 2.05) is 30.9 Å². The van der Waals surface area contributed by atoms with Gasteiger partial charge in [-0.25, -0.2) is 0 Å². The zero-order valence-electron chi connectivity index (χ0n) is 12.8. The Morgan fingerprint density at radius 1 is 1.48 bits per heavy atom. The molecule has 1 unspecified atom stereocenters. The number of hydrogen-bond acceptors (Lipinski definition) is 4. The third-order valence-corrected chi connectivity index (χ3v) is 3.59. The van der Waals surface area contributed by atoms with Crippen molar-refractivity contribution < 1.29 is 9.53 Å². The van der Waals surface area contributed by atoms with E-state index in [1.54, 1.807) is 19.2 Å². The molecule has 5 nitrogen and oxygen atoms in total. The molecule has 116 valence electrons. The minimum absolute atomic E-state index is 0.0864. The van der Waals surface area contributed by atoms with Crippen molar-refractivity contribution in [1.29, 1.82) is 0 Å². The molecule has 0 heterocycles. The summed E-state index contributed by atoms with van der Waals surface area (Å²) < 4.78 is 5.07. The van der Waals surface area contributed by atoms with Crippen LogP contribution in [-0.2, 0) is 9.53 Å². The lowest BCUT2D eigenvalue weighted by Gasteiger charge is -2.26. The van der Waals surface area contributed by atoms with Gasteiger partial charge in [-0.2, -0.15) is 0 Å². The molecule has 0 bridgehead atoms. The Balaban J connectivity index is 2.78. The number of nitrogens with one attached hydrogen (secondary N) is 1. The van der Waals surface area contributed by atoms with Crippen molar-refractivity contribution in [3.63, 3.8) is 0 Å². The Morgan fingerprint density at radius 3 is 2.71 bits per heavy atom. The van der Waals surface area contributed by atoms with E-state index in [9.17, 15) is 4.79 Å². The summed E-state index contributed by atoms with van der Waals surface area (Å²) in [5, 5.41) is 2.89. The van der Waals surface area contributed by atoms with Gasteiger partial charge in [0, 0.05) is 19.2 Å². The van der Waals surface area contributed by atoms with Gasteiger partial charge in [0.15, 0.2) is 0 Å². The topological polar surface area (TPSA) is 67.6 Å². The Labute approximate surface area is 131 Å². The van der Waals surface area contributed by atoms with Crippen molar-refractivity contribution in [2.75, 3.05) is 32.1 Å². The van der Waals surface area contributed by atoms with Crippen LogP contribution < -0.4 is 11.1 Å². The summed E-state index contributed by atoms with van der Waals surface area (Å²) >= 11 is 5.00. The molecule has 0 aliphatic carbocycles. The van der Waals surface area contributed by atoms with Gasteiger partial charge in [0.05, 0.1) is 18.3 Å². The number of hydrogen-bond donors (Lipinski definition) is 2. The molecule has 6 heteroatoms. The first kappa shape index (κ1) is 17.6. The Kier molecular flexibility index (Phi) is 7.28. The maximum atomic E-state index is 12.4. The van der Waals surface area contributed by atoms with Crippen molar-refractivity contribution in [1.82, 2.24) is 4.90 Å². The lowest BCUT2D eigenvalue weighted by atomic mass is 10.1. The van der Waals surface area contributed by atoms with Crippen LogP contribution in [0.5, 0.6) is 0 Å². The Hall–Kier alpha value is -1.50. The molecule has 3 N–H and O–H groups in total. The van der Waals surface area contributed by atoms with E-state index in [1.165, 1.54) is 0 Å². The van der Waals surface area contributed by atoms with E-state index in [2.05, 4.69) is 5.32 Å². The highest BCUT2D eigenvalue weighted by molar-refractivity contribution is 7.80. The van der Waals surface area contributed by atoms with Crippen LogP contribution in [0.1, 0.15) is 19.4 Å². The molecule has 0 aromatic heterocycles. The van der Waals surface area contributed by atoms with Crippen LogP contribution in [0.2, 0.25) is 0 Å². The molecule has 0 spiro atoms. The highest BCUT2D eigenvalue weighted by atomic mass is 32.1. The number of nitrogens with zero attached hydrogens (tertiary/aromatic N) is 1. The fraction of sp³-hybridized carbons (Fsp3) is 0.467.